The molecule has 0 bridgehead atoms. The number of hydrogen-bond donors (Lipinski definition) is 0. The highest BCUT2D eigenvalue weighted by molar-refractivity contribution is 9.10. The van der Waals surface area contributed by atoms with Gasteiger partial charge in [0.15, 0.2) is 0 Å². The molecule has 21 heavy (non-hydrogen) atoms. The van der Waals surface area contributed by atoms with Crippen molar-refractivity contribution < 1.29 is 0 Å². The number of aromatic nitrogens is 2. The van der Waals surface area contributed by atoms with Gasteiger partial charge in [0.1, 0.15) is 0 Å². The lowest BCUT2D eigenvalue weighted by Gasteiger charge is -2.13. The number of halogens is 1. The third kappa shape index (κ3) is 2.05. The zero-order chi connectivity index (χ0) is 15.1. The lowest BCUT2D eigenvalue weighted by molar-refractivity contribution is 0.771. The Labute approximate surface area is 129 Å². The van der Waals surface area contributed by atoms with Crippen LogP contribution in [0.25, 0.3) is 16.6 Å². The van der Waals surface area contributed by atoms with Crippen molar-refractivity contribution in [1.29, 1.82) is 0 Å². The Morgan fingerprint density at radius 3 is 2.48 bits per heavy atom. The van der Waals surface area contributed by atoms with Crippen LogP contribution in [-0.4, -0.2) is 9.13 Å². The maximum atomic E-state index is 12.7. The second-order valence-electron chi connectivity index (χ2n) is 4.88. The number of benzene rings is 2. The van der Waals surface area contributed by atoms with Gasteiger partial charge in [0.2, 0.25) is 0 Å². The van der Waals surface area contributed by atoms with Crippen molar-refractivity contribution in [2.24, 2.45) is 7.05 Å². The standard InChI is InChI=1S/C16H13BrN2O2/c1-10-12(17)7-5-9-13(10)19-15(20)11-6-3-4-8-14(11)18(2)16(19)21/h3-9H,1-2H3. The summed E-state index contributed by atoms with van der Waals surface area (Å²) in [5.74, 6) is 0. The molecule has 3 aromatic rings. The van der Waals surface area contributed by atoms with Crippen molar-refractivity contribution >= 4 is 26.8 Å². The van der Waals surface area contributed by atoms with Crippen molar-refractivity contribution in [3.8, 4) is 5.69 Å². The van der Waals surface area contributed by atoms with E-state index in [2.05, 4.69) is 15.9 Å². The van der Waals surface area contributed by atoms with Crippen molar-refractivity contribution in [1.82, 2.24) is 9.13 Å². The van der Waals surface area contributed by atoms with E-state index < -0.39 is 0 Å². The Kier molecular flexibility index (Phi) is 3.29. The molecule has 0 N–H and O–H groups in total. The van der Waals surface area contributed by atoms with Crippen LogP contribution in [0.1, 0.15) is 5.56 Å². The molecule has 4 nitrogen and oxygen atoms in total. The summed E-state index contributed by atoms with van der Waals surface area (Å²) in [6.07, 6.45) is 0. The van der Waals surface area contributed by atoms with Gasteiger partial charge in [-0.05, 0) is 36.8 Å². The van der Waals surface area contributed by atoms with Gasteiger partial charge in [0.25, 0.3) is 5.56 Å². The highest BCUT2D eigenvalue weighted by Gasteiger charge is 2.14. The molecule has 3 rings (SSSR count). The number of fused-ring (bicyclic) bond motifs is 1. The normalized spacial score (nSPS) is 11.0. The second-order valence-corrected chi connectivity index (χ2v) is 5.74. The van der Waals surface area contributed by atoms with Gasteiger partial charge in [-0.15, -0.1) is 0 Å². The summed E-state index contributed by atoms with van der Waals surface area (Å²) in [6.45, 7) is 1.88. The molecule has 0 saturated carbocycles. The molecule has 0 amide bonds. The zero-order valence-electron chi connectivity index (χ0n) is 11.6. The Morgan fingerprint density at radius 2 is 1.71 bits per heavy atom. The molecule has 2 aromatic carbocycles. The number of para-hydroxylation sites is 1. The molecule has 106 valence electrons. The summed E-state index contributed by atoms with van der Waals surface area (Å²) in [6, 6.07) is 12.6. The van der Waals surface area contributed by atoms with E-state index in [1.807, 2.05) is 25.1 Å². The minimum atomic E-state index is -0.347. The van der Waals surface area contributed by atoms with Gasteiger partial charge in [-0.2, -0.15) is 0 Å². The van der Waals surface area contributed by atoms with Gasteiger partial charge in [-0.1, -0.05) is 34.1 Å². The van der Waals surface area contributed by atoms with Gasteiger partial charge in [0, 0.05) is 11.5 Å². The smallest absolute Gasteiger partial charge is 0.296 e. The summed E-state index contributed by atoms with van der Waals surface area (Å²) in [5, 5.41) is 0.527. The van der Waals surface area contributed by atoms with Crippen molar-refractivity contribution in [3.63, 3.8) is 0 Å². The largest absolute Gasteiger partial charge is 0.335 e. The molecule has 0 radical (unpaired) electrons. The Balaban J connectivity index is 2.53. The molecule has 0 aliphatic carbocycles. The van der Waals surface area contributed by atoms with Gasteiger partial charge >= 0.3 is 5.69 Å². The SMILES string of the molecule is Cc1c(Br)cccc1-n1c(=O)c2ccccc2n(C)c1=O. The monoisotopic (exact) mass is 344 g/mol. The first-order chi connectivity index (χ1) is 10.0. The first-order valence-electron chi connectivity index (χ1n) is 6.48. The number of nitrogens with zero attached hydrogens (tertiary/aromatic N) is 2. The lowest BCUT2D eigenvalue weighted by atomic mass is 10.2. The number of rotatable bonds is 1. The molecule has 0 fully saturated rings. The third-order valence-electron chi connectivity index (χ3n) is 3.66. The Bertz CT molecular complexity index is 970. The average Bonchev–Trinajstić information content (AvgIpc) is 2.49. The number of hydrogen-bond acceptors (Lipinski definition) is 2. The van der Waals surface area contributed by atoms with Crippen LogP contribution in [0.15, 0.2) is 56.5 Å². The second kappa shape index (κ2) is 5.00. The van der Waals surface area contributed by atoms with Crippen molar-refractivity contribution in [2.75, 3.05) is 0 Å². The Hall–Kier alpha value is -2.14. The molecular formula is C16H13BrN2O2. The van der Waals surface area contributed by atoms with Gasteiger partial charge < -0.3 is 0 Å². The zero-order valence-corrected chi connectivity index (χ0v) is 13.2. The van der Waals surface area contributed by atoms with Gasteiger partial charge in [0.05, 0.1) is 16.6 Å². The van der Waals surface area contributed by atoms with Gasteiger partial charge in [-0.3, -0.25) is 9.36 Å². The fraction of sp³-hybridized carbons (Fsp3) is 0.125. The molecule has 1 heterocycles. The number of aryl methyl sites for hydroxylation is 1. The first kappa shape index (κ1) is 13.8. The molecule has 1 aromatic heterocycles. The van der Waals surface area contributed by atoms with E-state index in [-0.39, 0.29) is 11.2 Å². The third-order valence-corrected chi connectivity index (χ3v) is 4.52. The molecule has 0 spiro atoms. The molecule has 5 heteroatoms. The van der Waals surface area contributed by atoms with Crippen molar-refractivity contribution in [2.45, 2.75) is 6.92 Å². The van der Waals surface area contributed by atoms with Gasteiger partial charge in [-0.25, -0.2) is 9.36 Å². The average molecular weight is 345 g/mol. The molecule has 0 atom stereocenters. The highest BCUT2D eigenvalue weighted by atomic mass is 79.9. The van der Waals surface area contributed by atoms with Crippen LogP contribution in [0.3, 0.4) is 0 Å². The fourth-order valence-corrected chi connectivity index (χ4v) is 2.81. The molecule has 0 unspecified atom stereocenters. The van der Waals surface area contributed by atoms with Crippen LogP contribution < -0.4 is 11.2 Å². The van der Waals surface area contributed by atoms with E-state index in [9.17, 15) is 9.59 Å². The van der Waals surface area contributed by atoms with Crippen molar-refractivity contribution in [3.05, 3.63) is 73.3 Å². The van der Waals surface area contributed by atoms with E-state index in [0.717, 1.165) is 10.0 Å². The molecule has 0 aliphatic heterocycles. The summed E-state index contributed by atoms with van der Waals surface area (Å²) < 4.78 is 3.58. The van der Waals surface area contributed by atoms with Crippen LogP contribution >= 0.6 is 15.9 Å². The summed E-state index contributed by atoms with van der Waals surface area (Å²) in [7, 11) is 1.67. The Morgan fingerprint density at radius 1 is 1.00 bits per heavy atom. The summed E-state index contributed by atoms with van der Waals surface area (Å²) >= 11 is 3.44. The maximum Gasteiger partial charge on any atom is 0.335 e. The van der Waals surface area contributed by atoms with Crippen LogP contribution in [0, 0.1) is 6.92 Å². The predicted molar refractivity (Wildman–Crippen MR) is 87.2 cm³/mol. The summed E-state index contributed by atoms with van der Waals surface area (Å²) in [4.78, 5) is 25.3. The molecule has 0 saturated heterocycles. The topological polar surface area (TPSA) is 44.0 Å². The highest BCUT2D eigenvalue weighted by Crippen LogP contribution is 2.21. The van der Waals surface area contributed by atoms with E-state index >= 15 is 0 Å². The van der Waals surface area contributed by atoms with E-state index in [1.165, 1.54) is 9.13 Å². The van der Waals surface area contributed by atoms with Crippen LogP contribution in [0.2, 0.25) is 0 Å². The van der Waals surface area contributed by atoms with E-state index in [0.29, 0.717) is 16.6 Å². The quantitative estimate of drug-likeness (QED) is 0.681. The fourth-order valence-electron chi connectivity index (χ4n) is 2.46. The predicted octanol–water partition coefficient (Wildman–Crippen LogP) is 2.76. The lowest BCUT2D eigenvalue weighted by Crippen LogP contribution is -2.38. The van der Waals surface area contributed by atoms with Crippen LogP contribution in [-0.2, 0) is 7.05 Å². The minimum absolute atomic E-state index is 0.296. The van der Waals surface area contributed by atoms with E-state index in [1.54, 1.807) is 31.3 Å². The summed E-state index contributed by atoms with van der Waals surface area (Å²) in [5.41, 5.74) is 1.44. The first-order valence-corrected chi connectivity index (χ1v) is 7.28. The molecule has 0 aliphatic rings. The van der Waals surface area contributed by atoms with Crippen LogP contribution in [0.4, 0.5) is 0 Å². The maximum absolute atomic E-state index is 12.7. The molecular weight excluding hydrogens is 332 g/mol. The van der Waals surface area contributed by atoms with Crippen LogP contribution in [0.5, 0.6) is 0 Å². The van der Waals surface area contributed by atoms with E-state index in [4.69, 9.17) is 0 Å². The minimum Gasteiger partial charge on any atom is -0.296 e.